The molecule has 1 saturated heterocycles. The van der Waals surface area contributed by atoms with E-state index in [1.165, 1.54) is 25.0 Å². The third kappa shape index (κ3) is 3.06. The molecule has 1 N–H and O–H groups in total. The molecule has 2 nitrogen and oxygen atoms in total. The summed E-state index contributed by atoms with van der Waals surface area (Å²) >= 11 is 0. The van der Waals surface area contributed by atoms with Gasteiger partial charge in [0.2, 0.25) is 0 Å². The van der Waals surface area contributed by atoms with Crippen LogP contribution in [0.5, 0.6) is 0 Å². The lowest BCUT2D eigenvalue weighted by molar-refractivity contribution is 0.293. The van der Waals surface area contributed by atoms with Gasteiger partial charge in [-0.25, -0.2) is 8.78 Å². The summed E-state index contributed by atoms with van der Waals surface area (Å²) in [5, 5.41) is 3.29. The van der Waals surface area contributed by atoms with E-state index in [-0.39, 0.29) is 11.9 Å². The number of hydrogen-bond donors (Lipinski definition) is 1. The Kier molecular flexibility index (Phi) is 4.30. The van der Waals surface area contributed by atoms with Crippen molar-refractivity contribution in [2.45, 2.75) is 31.8 Å². The summed E-state index contributed by atoms with van der Waals surface area (Å²) < 4.78 is 26.7. The molecular weight excluding hydrogens is 234 g/mol. The summed E-state index contributed by atoms with van der Waals surface area (Å²) in [5.41, 5.74) is 0.399. The fraction of sp³-hybridized carbons (Fsp3) is 0.571. The number of nitrogens with one attached hydrogen (secondary N) is 1. The topological polar surface area (TPSA) is 15.3 Å². The Hall–Kier alpha value is -1.00. The van der Waals surface area contributed by atoms with Crippen LogP contribution in [0, 0.1) is 11.6 Å². The van der Waals surface area contributed by atoms with Gasteiger partial charge in [0.25, 0.3) is 0 Å². The average Bonchev–Trinajstić information content (AvgIpc) is 2.75. The van der Waals surface area contributed by atoms with E-state index in [4.69, 9.17) is 0 Å². The van der Waals surface area contributed by atoms with Gasteiger partial charge >= 0.3 is 0 Å². The van der Waals surface area contributed by atoms with E-state index in [0.29, 0.717) is 11.6 Å². The quantitative estimate of drug-likeness (QED) is 0.888. The van der Waals surface area contributed by atoms with E-state index >= 15 is 0 Å². The lowest BCUT2D eigenvalue weighted by atomic mass is 10.1. The minimum absolute atomic E-state index is 0.172. The first-order valence-corrected chi connectivity index (χ1v) is 6.46. The van der Waals surface area contributed by atoms with Crippen molar-refractivity contribution in [2.24, 2.45) is 0 Å². The van der Waals surface area contributed by atoms with Crippen LogP contribution in [0.3, 0.4) is 0 Å². The van der Waals surface area contributed by atoms with E-state index in [0.717, 1.165) is 19.2 Å². The molecule has 2 unspecified atom stereocenters. The Bertz CT molecular complexity index is 409. The summed E-state index contributed by atoms with van der Waals surface area (Å²) in [5.74, 6) is -0.741. The van der Waals surface area contributed by atoms with Crippen molar-refractivity contribution in [1.82, 2.24) is 10.2 Å². The van der Waals surface area contributed by atoms with Crippen LogP contribution in [-0.4, -0.2) is 31.1 Å². The second-order valence-corrected chi connectivity index (χ2v) is 5.07. The molecule has 1 heterocycles. The minimum atomic E-state index is -0.391. The molecule has 100 valence electrons. The van der Waals surface area contributed by atoms with Crippen LogP contribution in [0.15, 0.2) is 18.2 Å². The van der Waals surface area contributed by atoms with Crippen molar-refractivity contribution in [3.63, 3.8) is 0 Å². The monoisotopic (exact) mass is 254 g/mol. The van der Waals surface area contributed by atoms with Gasteiger partial charge in [0.15, 0.2) is 0 Å². The van der Waals surface area contributed by atoms with E-state index in [2.05, 4.69) is 17.3 Å². The highest BCUT2D eigenvalue weighted by Crippen LogP contribution is 2.19. The molecule has 1 aromatic carbocycles. The summed E-state index contributed by atoms with van der Waals surface area (Å²) in [4.78, 5) is 2.31. The second kappa shape index (κ2) is 5.76. The average molecular weight is 254 g/mol. The summed E-state index contributed by atoms with van der Waals surface area (Å²) in [6.07, 6.45) is 2.38. The highest BCUT2D eigenvalue weighted by molar-refractivity contribution is 5.21. The van der Waals surface area contributed by atoms with E-state index < -0.39 is 5.82 Å². The Morgan fingerprint density at radius 3 is 2.89 bits per heavy atom. The van der Waals surface area contributed by atoms with Crippen molar-refractivity contribution in [3.05, 3.63) is 35.4 Å². The Morgan fingerprint density at radius 1 is 1.44 bits per heavy atom. The molecule has 0 aromatic heterocycles. The third-order valence-electron chi connectivity index (χ3n) is 3.76. The molecule has 2 atom stereocenters. The number of likely N-dealkylation sites (tertiary alicyclic amines) is 1. The molecule has 0 amide bonds. The number of halogens is 2. The van der Waals surface area contributed by atoms with Crippen LogP contribution in [0.4, 0.5) is 8.78 Å². The van der Waals surface area contributed by atoms with Gasteiger partial charge in [-0.05, 0) is 51.6 Å². The molecule has 1 aliphatic heterocycles. The molecule has 1 aliphatic rings. The molecule has 0 aliphatic carbocycles. The lowest BCUT2D eigenvalue weighted by Gasteiger charge is -2.23. The first-order chi connectivity index (χ1) is 8.58. The van der Waals surface area contributed by atoms with Crippen LogP contribution in [-0.2, 0) is 0 Å². The van der Waals surface area contributed by atoms with Crippen molar-refractivity contribution in [3.8, 4) is 0 Å². The lowest BCUT2D eigenvalue weighted by Crippen LogP contribution is -2.36. The predicted octanol–water partition coefficient (Wildman–Crippen LogP) is 2.71. The van der Waals surface area contributed by atoms with E-state index in [9.17, 15) is 8.78 Å². The van der Waals surface area contributed by atoms with Gasteiger partial charge in [-0.15, -0.1) is 0 Å². The zero-order valence-corrected chi connectivity index (χ0v) is 10.9. The first kappa shape index (κ1) is 13.4. The van der Waals surface area contributed by atoms with Crippen LogP contribution >= 0.6 is 0 Å². The normalized spacial score (nSPS) is 22.3. The molecule has 1 aromatic rings. The summed E-state index contributed by atoms with van der Waals surface area (Å²) in [7, 11) is 2.10. The van der Waals surface area contributed by atoms with Crippen molar-refractivity contribution in [1.29, 1.82) is 0 Å². The zero-order chi connectivity index (χ0) is 13.1. The smallest absolute Gasteiger partial charge is 0.128 e. The Morgan fingerprint density at radius 2 is 2.22 bits per heavy atom. The molecule has 0 bridgehead atoms. The first-order valence-electron chi connectivity index (χ1n) is 6.46. The van der Waals surface area contributed by atoms with E-state index in [1.54, 1.807) is 0 Å². The second-order valence-electron chi connectivity index (χ2n) is 5.07. The fourth-order valence-electron chi connectivity index (χ4n) is 2.51. The van der Waals surface area contributed by atoms with Crippen LogP contribution in [0.2, 0.25) is 0 Å². The summed E-state index contributed by atoms with van der Waals surface area (Å²) in [6.45, 7) is 3.80. The molecule has 0 radical (unpaired) electrons. The Balaban J connectivity index is 1.94. The molecule has 1 fully saturated rings. The van der Waals surface area contributed by atoms with Crippen molar-refractivity contribution in [2.75, 3.05) is 20.1 Å². The molecule has 0 saturated carbocycles. The highest BCUT2D eigenvalue weighted by Gasteiger charge is 2.21. The molecule has 0 spiro atoms. The predicted molar refractivity (Wildman–Crippen MR) is 68.4 cm³/mol. The van der Waals surface area contributed by atoms with Gasteiger partial charge in [0.1, 0.15) is 11.6 Å². The van der Waals surface area contributed by atoms with Crippen molar-refractivity contribution >= 4 is 0 Å². The van der Waals surface area contributed by atoms with Crippen LogP contribution in [0.25, 0.3) is 0 Å². The number of hydrogen-bond acceptors (Lipinski definition) is 2. The maximum atomic E-state index is 13.6. The van der Waals surface area contributed by atoms with Gasteiger partial charge in [-0.3, -0.25) is 0 Å². The van der Waals surface area contributed by atoms with E-state index in [1.807, 2.05) is 6.92 Å². The highest BCUT2D eigenvalue weighted by atomic mass is 19.1. The fourth-order valence-corrected chi connectivity index (χ4v) is 2.51. The molecule has 4 heteroatoms. The van der Waals surface area contributed by atoms with Gasteiger partial charge in [0, 0.05) is 24.2 Å². The Labute approximate surface area is 107 Å². The largest absolute Gasteiger partial charge is 0.309 e. The maximum Gasteiger partial charge on any atom is 0.128 e. The molecular formula is C14H20F2N2. The van der Waals surface area contributed by atoms with Crippen LogP contribution in [0.1, 0.15) is 31.4 Å². The zero-order valence-electron chi connectivity index (χ0n) is 10.9. The summed E-state index contributed by atoms with van der Waals surface area (Å²) in [6, 6.07) is 3.94. The number of nitrogens with zero attached hydrogens (tertiary/aromatic N) is 1. The van der Waals surface area contributed by atoms with Gasteiger partial charge < -0.3 is 10.2 Å². The molecule has 18 heavy (non-hydrogen) atoms. The number of likely N-dealkylation sites (N-methyl/N-ethyl adjacent to an activating group) is 1. The number of rotatable bonds is 4. The van der Waals surface area contributed by atoms with Crippen molar-refractivity contribution < 1.29 is 8.78 Å². The van der Waals surface area contributed by atoms with Gasteiger partial charge in [-0.1, -0.05) is 0 Å². The van der Waals surface area contributed by atoms with Gasteiger partial charge in [-0.2, -0.15) is 0 Å². The minimum Gasteiger partial charge on any atom is -0.309 e. The van der Waals surface area contributed by atoms with Gasteiger partial charge in [0.05, 0.1) is 0 Å². The third-order valence-corrected chi connectivity index (χ3v) is 3.76. The maximum absolute atomic E-state index is 13.6. The van der Waals surface area contributed by atoms with Crippen LogP contribution < -0.4 is 5.32 Å². The SMILES string of the molecule is CC(NCC1CCCN1C)c1cc(F)ccc1F. The molecule has 2 rings (SSSR count). The number of benzene rings is 1. The standard InChI is InChI=1S/C14H20F2N2/c1-10(13-8-11(15)5-6-14(13)16)17-9-12-4-3-7-18(12)2/h5-6,8,10,12,17H,3-4,7,9H2,1-2H3.